The molecule has 3 aromatic rings. The highest BCUT2D eigenvalue weighted by molar-refractivity contribution is 14.1. The fraction of sp³-hybridized carbons (Fsp3) is 0.188. The number of ether oxygens (including phenoxy) is 2. The number of imide groups is 1. The minimum absolute atomic E-state index is 0.156. The van der Waals surface area contributed by atoms with Gasteiger partial charge in [0.1, 0.15) is 6.61 Å². The molecule has 0 N–H and O–H groups in total. The van der Waals surface area contributed by atoms with E-state index >= 15 is 0 Å². The number of halogens is 1. The van der Waals surface area contributed by atoms with Gasteiger partial charge in [-0.3, -0.25) is 19.3 Å². The van der Waals surface area contributed by atoms with Gasteiger partial charge in [-0.25, -0.2) is 9.69 Å². The molecule has 3 aliphatic carbocycles. The minimum atomic E-state index is -1.54. The Hall–Kier alpha value is -4.09. The normalized spacial score (nSPS) is 24.4. The number of para-hydroxylation sites is 1. The second-order valence-corrected chi connectivity index (χ2v) is 12.0. The zero-order chi connectivity index (χ0) is 28.0. The van der Waals surface area contributed by atoms with Crippen LogP contribution in [-0.4, -0.2) is 47.8 Å². The predicted octanol–water partition coefficient (Wildman–Crippen LogP) is 4.70. The Kier molecular flexibility index (Phi) is 5.24. The number of nitrogens with zero attached hydrogens (tertiary/aromatic N) is 2. The molecule has 6 aliphatic rings. The molecule has 0 aromatic heterocycles. The Morgan fingerprint density at radius 2 is 1.63 bits per heavy atom. The van der Waals surface area contributed by atoms with Crippen LogP contribution in [0.1, 0.15) is 32.6 Å². The summed E-state index contributed by atoms with van der Waals surface area (Å²) in [5.74, 6) is -1.14. The van der Waals surface area contributed by atoms with Crippen LogP contribution in [0.2, 0.25) is 0 Å². The lowest BCUT2D eigenvalue weighted by Gasteiger charge is -2.40. The van der Waals surface area contributed by atoms with Crippen molar-refractivity contribution in [2.24, 2.45) is 0 Å². The number of hydrogen-bond acceptors (Lipinski definition) is 6. The molecule has 41 heavy (non-hydrogen) atoms. The number of Topliss-reactive ketones (excluding diaryl/α,β-unsaturated/α-hetero) is 1. The lowest BCUT2D eigenvalue weighted by molar-refractivity contribution is -0.120. The van der Waals surface area contributed by atoms with Crippen molar-refractivity contribution in [3.8, 4) is 0 Å². The highest BCUT2D eigenvalue weighted by atomic mass is 127. The van der Waals surface area contributed by atoms with E-state index in [2.05, 4.69) is 22.6 Å². The van der Waals surface area contributed by atoms with Crippen LogP contribution in [-0.2, 0) is 37.5 Å². The smallest absolute Gasteiger partial charge is 0.414 e. The molecule has 202 valence electrons. The summed E-state index contributed by atoms with van der Waals surface area (Å²) < 4.78 is 12.6. The van der Waals surface area contributed by atoms with Crippen LogP contribution >= 0.6 is 22.6 Å². The quantitative estimate of drug-likeness (QED) is 0.299. The van der Waals surface area contributed by atoms with Crippen molar-refractivity contribution in [3.05, 3.63) is 115 Å². The number of hydrogen-bond donors (Lipinski definition) is 0. The van der Waals surface area contributed by atoms with Gasteiger partial charge in [-0.05, 0) is 52.3 Å². The van der Waals surface area contributed by atoms with E-state index in [1.54, 1.807) is 35.2 Å². The topological polar surface area (TPSA) is 93.2 Å². The number of anilines is 1. The van der Waals surface area contributed by atoms with E-state index in [1.165, 1.54) is 4.90 Å². The maximum Gasteiger partial charge on any atom is 0.414 e. The van der Waals surface area contributed by atoms with Crippen molar-refractivity contribution in [1.29, 1.82) is 0 Å². The molecule has 8 nitrogen and oxygen atoms in total. The Bertz CT molecular complexity index is 1800. The van der Waals surface area contributed by atoms with Crippen molar-refractivity contribution in [2.75, 3.05) is 18.1 Å². The fourth-order valence-electron chi connectivity index (χ4n) is 6.88. The van der Waals surface area contributed by atoms with Gasteiger partial charge in [0, 0.05) is 32.3 Å². The van der Waals surface area contributed by atoms with Gasteiger partial charge in [0.15, 0.2) is 5.60 Å². The van der Waals surface area contributed by atoms with Gasteiger partial charge in [-0.15, -0.1) is 0 Å². The second kappa shape index (κ2) is 8.70. The molecule has 1 fully saturated rings. The number of ketones is 1. The summed E-state index contributed by atoms with van der Waals surface area (Å²) in [6.45, 7) is 0.346. The molecule has 2 bridgehead atoms. The van der Waals surface area contributed by atoms with Crippen LogP contribution in [0.15, 0.2) is 87.6 Å². The van der Waals surface area contributed by atoms with E-state index in [4.69, 9.17) is 9.47 Å². The third-order valence-electron chi connectivity index (χ3n) is 8.58. The summed E-state index contributed by atoms with van der Waals surface area (Å²) in [5, 5.41) is 0. The fourth-order valence-corrected chi connectivity index (χ4v) is 7.68. The first-order valence-corrected chi connectivity index (χ1v) is 14.4. The van der Waals surface area contributed by atoms with Gasteiger partial charge in [0.05, 0.1) is 29.6 Å². The lowest BCUT2D eigenvalue weighted by Crippen LogP contribution is -2.50. The molecule has 2 atom stereocenters. The molecule has 3 heterocycles. The number of cyclic esters (lactones) is 1. The number of carbonyl (C=O) groups is 4. The van der Waals surface area contributed by atoms with Crippen molar-refractivity contribution < 1.29 is 28.7 Å². The van der Waals surface area contributed by atoms with E-state index in [0.717, 1.165) is 14.7 Å². The maximum atomic E-state index is 14.4. The van der Waals surface area contributed by atoms with Crippen LogP contribution in [0, 0.1) is 0 Å². The average Bonchev–Trinajstić information content (AvgIpc) is 3.71. The molecule has 9 heteroatoms. The number of amides is 3. The van der Waals surface area contributed by atoms with E-state index in [0.29, 0.717) is 40.1 Å². The summed E-state index contributed by atoms with van der Waals surface area (Å²) in [5.41, 5.74) is 3.30. The Morgan fingerprint density at radius 1 is 0.902 bits per heavy atom. The zero-order valence-corrected chi connectivity index (χ0v) is 23.7. The molecule has 1 spiro atoms. The SMILES string of the molecule is O=C1C2=C(C(=O)N1c1ccccc1)c1c3ccc(c1C2)C1(OCC(I)=C1N1C(=O)OC[C@H]1Cc1ccccc1)C3=O. The van der Waals surface area contributed by atoms with Crippen molar-refractivity contribution in [3.63, 3.8) is 0 Å². The highest BCUT2D eigenvalue weighted by Crippen LogP contribution is 2.57. The monoisotopic (exact) mass is 656 g/mol. The Morgan fingerprint density at radius 3 is 2.39 bits per heavy atom. The zero-order valence-electron chi connectivity index (χ0n) is 21.6. The van der Waals surface area contributed by atoms with Gasteiger partial charge in [0.25, 0.3) is 11.8 Å². The molecular formula is C32H21IN2O6. The number of rotatable bonds is 4. The van der Waals surface area contributed by atoms with Crippen molar-refractivity contribution in [2.45, 2.75) is 24.5 Å². The van der Waals surface area contributed by atoms with Crippen molar-refractivity contribution >= 4 is 57.5 Å². The van der Waals surface area contributed by atoms with Gasteiger partial charge in [0.2, 0.25) is 5.78 Å². The standard InChI is InChI=1S/C32H21IN2O6/c33-24-16-41-32(27(24)34-19(15-40-31(34)39)13-17-7-3-1-4-8-17)23-12-11-20(28(32)36)25-21(23)14-22-26(25)30(38)35(29(22)37)18-9-5-2-6-10-18/h1-12,19H,13-16H2/t19-,32?/m1/s1. The molecule has 1 unspecified atom stereocenters. The predicted molar refractivity (Wildman–Crippen MR) is 156 cm³/mol. The first-order chi connectivity index (χ1) is 19.9. The summed E-state index contributed by atoms with van der Waals surface area (Å²) in [4.78, 5) is 57.7. The van der Waals surface area contributed by atoms with Crippen molar-refractivity contribution in [1.82, 2.24) is 4.90 Å². The van der Waals surface area contributed by atoms with E-state index in [1.807, 2.05) is 42.5 Å². The minimum Gasteiger partial charge on any atom is -0.447 e. The summed E-state index contributed by atoms with van der Waals surface area (Å²) in [6.07, 6.45) is 0.240. The summed E-state index contributed by atoms with van der Waals surface area (Å²) >= 11 is 2.15. The summed E-state index contributed by atoms with van der Waals surface area (Å²) in [7, 11) is 0. The van der Waals surface area contributed by atoms with Gasteiger partial charge in [-0.1, -0.05) is 60.7 Å². The number of benzene rings is 3. The van der Waals surface area contributed by atoms with Crippen LogP contribution in [0.5, 0.6) is 0 Å². The highest BCUT2D eigenvalue weighted by Gasteiger charge is 2.61. The summed E-state index contributed by atoms with van der Waals surface area (Å²) in [6, 6.07) is 21.8. The van der Waals surface area contributed by atoms with E-state index in [-0.39, 0.29) is 42.9 Å². The van der Waals surface area contributed by atoms with E-state index < -0.39 is 17.6 Å². The molecular weight excluding hydrogens is 635 g/mol. The van der Waals surface area contributed by atoms with Crippen LogP contribution in [0.3, 0.4) is 0 Å². The first-order valence-electron chi connectivity index (χ1n) is 13.3. The molecule has 3 amide bonds. The molecule has 3 aliphatic heterocycles. The van der Waals surface area contributed by atoms with E-state index in [9.17, 15) is 19.2 Å². The first kappa shape index (κ1) is 24.7. The second-order valence-electron chi connectivity index (χ2n) is 10.7. The number of fused-ring (bicyclic) bond motifs is 1. The van der Waals surface area contributed by atoms with Gasteiger partial charge >= 0.3 is 6.09 Å². The average molecular weight is 656 g/mol. The molecule has 0 radical (unpaired) electrons. The molecule has 0 saturated carbocycles. The van der Waals surface area contributed by atoms with Crippen LogP contribution in [0.4, 0.5) is 10.5 Å². The largest absolute Gasteiger partial charge is 0.447 e. The lowest BCUT2D eigenvalue weighted by atomic mass is 9.71. The third-order valence-corrected chi connectivity index (χ3v) is 9.40. The van der Waals surface area contributed by atoms with Crippen LogP contribution in [0.25, 0.3) is 5.57 Å². The van der Waals surface area contributed by atoms with Gasteiger partial charge in [-0.2, -0.15) is 0 Å². The molecule has 9 rings (SSSR count). The molecule has 1 saturated heterocycles. The Balaban J connectivity index is 1.22. The third kappa shape index (κ3) is 3.18. The number of carbonyl (C=O) groups excluding carboxylic acids is 4. The van der Waals surface area contributed by atoms with Gasteiger partial charge < -0.3 is 9.47 Å². The Labute approximate surface area is 248 Å². The van der Waals surface area contributed by atoms with Crippen LogP contribution < -0.4 is 4.90 Å². The molecule has 3 aromatic carbocycles. The maximum absolute atomic E-state index is 14.4.